The monoisotopic (exact) mass is 298 g/mol. The van der Waals surface area contributed by atoms with Gasteiger partial charge in [-0.25, -0.2) is 9.59 Å². The van der Waals surface area contributed by atoms with Gasteiger partial charge in [-0.1, -0.05) is 13.8 Å². The van der Waals surface area contributed by atoms with E-state index in [4.69, 9.17) is 4.74 Å². The summed E-state index contributed by atoms with van der Waals surface area (Å²) >= 11 is 0. The first-order valence-corrected chi connectivity index (χ1v) is 7.15. The van der Waals surface area contributed by atoms with Gasteiger partial charge in [0.25, 0.3) is 0 Å². The minimum atomic E-state index is -0.705. The number of likely N-dealkylation sites (tertiary alicyclic amines) is 1. The predicted octanol–water partition coefficient (Wildman–Crippen LogP) is 0.529. The van der Waals surface area contributed by atoms with E-state index >= 15 is 0 Å². The van der Waals surface area contributed by atoms with E-state index in [1.165, 1.54) is 14.2 Å². The minimum absolute atomic E-state index is 0.0993. The Labute approximate surface area is 123 Å². The first-order valence-electron chi connectivity index (χ1n) is 7.15. The number of rotatable bonds is 4. The SMILES string of the molecule is COC(=O)NC(C(=O)N1C(C(=O)OC)CC2CC21)C(C)C. The van der Waals surface area contributed by atoms with Crippen LogP contribution in [0, 0.1) is 11.8 Å². The molecule has 118 valence electrons. The highest BCUT2D eigenvalue weighted by Crippen LogP contribution is 2.48. The maximum atomic E-state index is 12.8. The van der Waals surface area contributed by atoms with Crippen molar-refractivity contribution in [3.05, 3.63) is 0 Å². The van der Waals surface area contributed by atoms with Crippen LogP contribution in [0.1, 0.15) is 26.7 Å². The summed E-state index contributed by atoms with van der Waals surface area (Å²) in [5.74, 6) is -0.358. The molecule has 0 aromatic heterocycles. The van der Waals surface area contributed by atoms with Gasteiger partial charge in [-0.15, -0.1) is 0 Å². The van der Waals surface area contributed by atoms with Crippen molar-refractivity contribution in [1.82, 2.24) is 10.2 Å². The van der Waals surface area contributed by atoms with E-state index in [-0.39, 0.29) is 17.9 Å². The zero-order valence-electron chi connectivity index (χ0n) is 12.8. The van der Waals surface area contributed by atoms with E-state index in [1.54, 1.807) is 4.90 Å². The van der Waals surface area contributed by atoms with Crippen LogP contribution in [-0.2, 0) is 19.1 Å². The van der Waals surface area contributed by atoms with Crippen LogP contribution in [0.25, 0.3) is 0 Å². The van der Waals surface area contributed by atoms with Gasteiger partial charge < -0.3 is 19.7 Å². The Morgan fingerprint density at radius 3 is 2.33 bits per heavy atom. The van der Waals surface area contributed by atoms with Crippen molar-refractivity contribution >= 4 is 18.0 Å². The maximum Gasteiger partial charge on any atom is 0.407 e. The molecule has 0 radical (unpaired) electrons. The molecule has 4 unspecified atom stereocenters. The van der Waals surface area contributed by atoms with Crippen molar-refractivity contribution in [2.75, 3.05) is 14.2 Å². The van der Waals surface area contributed by atoms with Crippen LogP contribution in [0.4, 0.5) is 4.79 Å². The molecule has 0 spiro atoms. The van der Waals surface area contributed by atoms with Gasteiger partial charge in [-0.3, -0.25) is 4.79 Å². The molecule has 1 aliphatic carbocycles. The largest absolute Gasteiger partial charge is 0.467 e. The second-order valence-electron chi connectivity index (χ2n) is 5.94. The summed E-state index contributed by atoms with van der Waals surface area (Å²) < 4.78 is 9.35. The number of hydrogen-bond donors (Lipinski definition) is 1. The molecule has 21 heavy (non-hydrogen) atoms. The molecule has 2 amide bonds. The molecule has 7 heteroatoms. The van der Waals surface area contributed by atoms with Crippen LogP contribution < -0.4 is 5.32 Å². The van der Waals surface area contributed by atoms with Crippen molar-refractivity contribution in [1.29, 1.82) is 0 Å². The Hall–Kier alpha value is -1.79. The highest BCUT2D eigenvalue weighted by molar-refractivity contribution is 5.91. The second kappa shape index (κ2) is 5.91. The van der Waals surface area contributed by atoms with Crippen LogP contribution in [0.5, 0.6) is 0 Å². The molecule has 2 aliphatic rings. The standard InChI is InChI=1S/C14H22N2O5/c1-7(2)11(15-14(19)21-4)12(17)16-9-5-8(9)6-10(16)13(18)20-3/h7-11H,5-6H2,1-4H3,(H,15,19). The van der Waals surface area contributed by atoms with Crippen molar-refractivity contribution in [3.63, 3.8) is 0 Å². The van der Waals surface area contributed by atoms with Gasteiger partial charge >= 0.3 is 12.1 Å². The minimum Gasteiger partial charge on any atom is -0.467 e. The van der Waals surface area contributed by atoms with Gasteiger partial charge in [0, 0.05) is 6.04 Å². The highest BCUT2D eigenvalue weighted by Gasteiger charge is 2.57. The zero-order chi connectivity index (χ0) is 15.7. The van der Waals surface area contributed by atoms with Crippen LogP contribution >= 0.6 is 0 Å². The molecule has 7 nitrogen and oxygen atoms in total. The van der Waals surface area contributed by atoms with Crippen molar-refractivity contribution in [2.45, 2.75) is 44.8 Å². The summed E-state index contributed by atoms with van der Waals surface area (Å²) in [5, 5.41) is 2.55. The molecule has 1 saturated heterocycles. The fourth-order valence-corrected chi connectivity index (χ4v) is 2.98. The topological polar surface area (TPSA) is 84.9 Å². The number of amides is 2. The number of ether oxygens (including phenoxy) is 2. The molecular formula is C14H22N2O5. The van der Waals surface area contributed by atoms with Gasteiger partial charge in [0.1, 0.15) is 12.1 Å². The van der Waals surface area contributed by atoms with E-state index in [0.717, 1.165) is 6.42 Å². The lowest BCUT2D eigenvalue weighted by Gasteiger charge is -2.31. The number of hydrogen-bond acceptors (Lipinski definition) is 5. The second-order valence-corrected chi connectivity index (χ2v) is 5.94. The van der Waals surface area contributed by atoms with Gasteiger partial charge in [-0.2, -0.15) is 0 Å². The molecule has 1 N–H and O–H groups in total. The summed E-state index contributed by atoms with van der Waals surface area (Å²) in [5.41, 5.74) is 0. The molecule has 1 saturated carbocycles. The molecule has 2 rings (SSSR count). The molecule has 0 aromatic rings. The average Bonchev–Trinajstić information content (AvgIpc) is 3.12. The maximum absolute atomic E-state index is 12.8. The summed E-state index contributed by atoms with van der Waals surface area (Å²) in [7, 11) is 2.57. The number of nitrogens with zero attached hydrogens (tertiary/aromatic N) is 1. The Balaban J connectivity index is 2.14. The molecule has 2 fully saturated rings. The van der Waals surface area contributed by atoms with Crippen LogP contribution in [0.15, 0.2) is 0 Å². The quantitative estimate of drug-likeness (QED) is 0.765. The number of piperidine rings is 1. The lowest BCUT2D eigenvalue weighted by molar-refractivity contribution is -0.153. The summed E-state index contributed by atoms with van der Waals surface area (Å²) in [6.45, 7) is 3.68. The third-order valence-electron chi connectivity index (χ3n) is 4.22. The first-order chi connectivity index (χ1) is 9.90. The van der Waals surface area contributed by atoms with Crippen LogP contribution in [0.3, 0.4) is 0 Å². The third-order valence-corrected chi connectivity index (χ3v) is 4.22. The van der Waals surface area contributed by atoms with Crippen LogP contribution in [0.2, 0.25) is 0 Å². The number of carbonyl (C=O) groups is 3. The van der Waals surface area contributed by atoms with E-state index in [0.29, 0.717) is 12.3 Å². The smallest absolute Gasteiger partial charge is 0.407 e. The van der Waals surface area contributed by atoms with E-state index in [2.05, 4.69) is 10.1 Å². The van der Waals surface area contributed by atoms with Gasteiger partial charge in [-0.05, 0) is 24.7 Å². The lowest BCUT2D eigenvalue weighted by Crippen LogP contribution is -2.55. The Morgan fingerprint density at radius 2 is 1.81 bits per heavy atom. The van der Waals surface area contributed by atoms with Crippen molar-refractivity contribution < 1.29 is 23.9 Å². The molecule has 1 aliphatic heterocycles. The molecule has 0 bridgehead atoms. The summed E-state index contributed by atoms with van der Waals surface area (Å²) in [6, 6.07) is -1.14. The van der Waals surface area contributed by atoms with Gasteiger partial charge in [0.15, 0.2) is 0 Å². The normalized spacial score (nSPS) is 27.9. The number of alkyl carbamates (subject to hydrolysis) is 1. The number of fused-ring (bicyclic) bond motifs is 1. The lowest BCUT2D eigenvalue weighted by atomic mass is 10.0. The highest BCUT2D eigenvalue weighted by atomic mass is 16.5. The Morgan fingerprint density at radius 1 is 1.14 bits per heavy atom. The van der Waals surface area contributed by atoms with Crippen molar-refractivity contribution in [3.8, 4) is 0 Å². The number of nitrogens with one attached hydrogen (secondary N) is 1. The van der Waals surface area contributed by atoms with E-state index in [9.17, 15) is 14.4 Å². The van der Waals surface area contributed by atoms with Gasteiger partial charge in [0.05, 0.1) is 14.2 Å². The molecule has 4 atom stereocenters. The molecule has 1 heterocycles. The molecule has 0 aromatic carbocycles. The number of carbonyl (C=O) groups excluding carboxylic acids is 3. The number of methoxy groups -OCH3 is 2. The van der Waals surface area contributed by atoms with E-state index in [1.807, 2.05) is 13.8 Å². The summed E-state index contributed by atoms with van der Waals surface area (Å²) in [6.07, 6.45) is 0.914. The Kier molecular flexibility index (Phi) is 4.39. The van der Waals surface area contributed by atoms with Gasteiger partial charge in [0.2, 0.25) is 5.91 Å². The fraction of sp³-hybridized carbons (Fsp3) is 0.786. The van der Waals surface area contributed by atoms with E-state index < -0.39 is 24.1 Å². The summed E-state index contributed by atoms with van der Waals surface area (Å²) in [4.78, 5) is 37.6. The zero-order valence-corrected chi connectivity index (χ0v) is 12.8. The number of esters is 1. The molecular weight excluding hydrogens is 276 g/mol. The average molecular weight is 298 g/mol. The fourth-order valence-electron chi connectivity index (χ4n) is 2.98. The third kappa shape index (κ3) is 2.96. The predicted molar refractivity (Wildman–Crippen MR) is 73.3 cm³/mol. The Bertz CT molecular complexity index is 451. The van der Waals surface area contributed by atoms with Crippen LogP contribution in [-0.4, -0.2) is 55.2 Å². The first kappa shape index (κ1) is 15.6. The van der Waals surface area contributed by atoms with Crippen molar-refractivity contribution in [2.24, 2.45) is 11.8 Å².